The molecule has 0 aromatic carbocycles. The summed E-state index contributed by atoms with van der Waals surface area (Å²) in [6.07, 6.45) is 4.58. The molecule has 1 aliphatic carbocycles. The van der Waals surface area contributed by atoms with Gasteiger partial charge < -0.3 is 10.3 Å². The molecule has 2 aromatic heterocycles. The molecule has 2 unspecified atom stereocenters. The van der Waals surface area contributed by atoms with E-state index >= 15 is 0 Å². The number of aromatic nitrogens is 4. The summed E-state index contributed by atoms with van der Waals surface area (Å²) in [6, 6.07) is 0. The number of carbonyl (C=O) groups is 1. The minimum absolute atomic E-state index is 0.0154. The lowest BCUT2D eigenvalue weighted by Crippen LogP contribution is -2.18. The second-order valence-corrected chi connectivity index (χ2v) is 6.60. The molecule has 2 heterocycles. The molecule has 2 aromatic rings. The number of amides is 1. The molecule has 1 amide bonds. The van der Waals surface area contributed by atoms with Gasteiger partial charge in [0.25, 0.3) is 0 Å². The lowest BCUT2D eigenvalue weighted by atomic mass is 10.1. The second-order valence-electron chi connectivity index (χ2n) is 5.59. The van der Waals surface area contributed by atoms with Crippen molar-refractivity contribution in [2.75, 3.05) is 5.32 Å². The summed E-state index contributed by atoms with van der Waals surface area (Å²) >= 11 is 11.4. The van der Waals surface area contributed by atoms with Gasteiger partial charge in [-0.15, -0.1) is 0 Å². The molecule has 2 N–H and O–H groups in total. The fraction of sp³-hybridized carbons (Fsp3) is 0.385. The molecule has 0 saturated heterocycles. The van der Waals surface area contributed by atoms with Gasteiger partial charge in [-0.05, 0) is 17.4 Å². The molecular weight excluding hydrogens is 313 g/mol. The van der Waals surface area contributed by atoms with Crippen LogP contribution in [0, 0.1) is 17.3 Å². The van der Waals surface area contributed by atoms with Crippen molar-refractivity contribution in [3.05, 3.63) is 23.2 Å². The Morgan fingerprint density at radius 2 is 2.14 bits per heavy atom. The van der Waals surface area contributed by atoms with Gasteiger partial charge in [-0.2, -0.15) is 0 Å². The molecule has 0 aliphatic heterocycles. The third-order valence-corrected chi connectivity index (χ3v) is 4.22. The number of halogens is 2. The van der Waals surface area contributed by atoms with Crippen molar-refractivity contribution in [1.82, 2.24) is 19.9 Å². The molecule has 1 fully saturated rings. The van der Waals surface area contributed by atoms with E-state index in [4.69, 9.17) is 23.2 Å². The average Bonchev–Trinajstić information content (AvgIpc) is 2.77. The highest BCUT2D eigenvalue weighted by molar-refractivity contribution is 6.55. The van der Waals surface area contributed by atoms with Gasteiger partial charge in [0.2, 0.25) is 5.91 Å². The van der Waals surface area contributed by atoms with Crippen LogP contribution in [0.25, 0.3) is 11.2 Å². The zero-order valence-corrected chi connectivity index (χ0v) is 12.9. The molecule has 0 radical (unpaired) electrons. The van der Waals surface area contributed by atoms with E-state index in [0.29, 0.717) is 17.0 Å². The third-order valence-electron chi connectivity index (χ3n) is 3.96. The first kappa shape index (κ1) is 14.3. The highest BCUT2D eigenvalue weighted by atomic mass is 35.5. The Hall–Kier alpha value is -1.66. The molecule has 1 saturated carbocycles. The standard InChI is InChI=1S/C13H13Cl2N5O/c1-13(2)6(3-7(14)15)8(13)12(21)20-11-9-10(17-4-16-9)18-5-19-11/h3-6,8H,1-2H3,(H2,16,17,18,19,20,21). The predicted octanol–water partition coefficient (Wildman–Crippen LogP) is 2.88. The van der Waals surface area contributed by atoms with E-state index in [2.05, 4.69) is 25.3 Å². The Bertz CT molecular complexity index is 735. The first-order valence-corrected chi connectivity index (χ1v) is 7.14. The zero-order valence-electron chi connectivity index (χ0n) is 11.4. The predicted molar refractivity (Wildman–Crippen MR) is 80.9 cm³/mol. The minimum Gasteiger partial charge on any atom is -0.340 e. The first-order chi connectivity index (χ1) is 9.91. The molecule has 3 rings (SSSR count). The Balaban J connectivity index is 1.82. The van der Waals surface area contributed by atoms with Gasteiger partial charge in [-0.25, -0.2) is 15.0 Å². The van der Waals surface area contributed by atoms with Crippen molar-refractivity contribution in [1.29, 1.82) is 0 Å². The number of carbonyl (C=O) groups excluding carboxylic acids is 1. The maximum atomic E-state index is 12.4. The Labute approximate surface area is 131 Å². The molecule has 21 heavy (non-hydrogen) atoms. The molecule has 0 spiro atoms. The van der Waals surface area contributed by atoms with Gasteiger partial charge >= 0.3 is 0 Å². The van der Waals surface area contributed by atoms with Gasteiger partial charge in [-0.3, -0.25) is 4.79 Å². The van der Waals surface area contributed by atoms with Gasteiger partial charge in [0.1, 0.15) is 16.3 Å². The van der Waals surface area contributed by atoms with Crippen molar-refractivity contribution in [2.45, 2.75) is 13.8 Å². The highest BCUT2D eigenvalue weighted by Gasteiger charge is 2.60. The molecule has 6 nitrogen and oxygen atoms in total. The lowest BCUT2D eigenvalue weighted by Gasteiger charge is -2.05. The van der Waals surface area contributed by atoms with Crippen molar-refractivity contribution in [3.8, 4) is 0 Å². The van der Waals surface area contributed by atoms with E-state index in [1.165, 1.54) is 12.7 Å². The van der Waals surface area contributed by atoms with Crippen molar-refractivity contribution in [3.63, 3.8) is 0 Å². The number of hydrogen-bond donors (Lipinski definition) is 2. The topological polar surface area (TPSA) is 83.6 Å². The largest absolute Gasteiger partial charge is 0.340 e. The van der Waals surface area contributed by atoms with Crippen LogP contribution in [0.4, 0.5) is 5.82 Å². The summed E-state index contributed by atoms with van der Waals surface area (Å²) in [5, 5.41) is 2.82. The van der Waals surface area contributed by atoms with Crippen LogP contribution in [0.15, 0.2) is 23.2 Å². The van der Waals surface area contributed by atoms with E-state index in [-0.39, 0.29) is 27.6 Å². The third kappa shape index (κ3) is 2.49. The van der Waals surface area contributed by atoms with Crippen molar-refractivity contribution in [2.24, 2.45) is 17.3 Å². The number of fused-ring (bicyclic) bond motifs is 1. The lowest BCUT2D eigenvalue weighted by molar-refractivity contribution is -0.118. The van der Waals surface area contributed by atoms with Crippen LogP contribution in [0.3, 0.4) is 0 Å². The fourth-order valence-electron chi connectivity index (χ4n) is 2.68. The van der Waals surface area contributed by atoms with Crippen LogP contribution in [0.2, 0.25) is 0 Å². The number of rotatable bonds is 3. The van der Waals surface area contributed by atoms with Gasteiger partial charge in [0.15, 0.2) is 11.5 Å². The SMILES string of the molecule is CC1(C)C(C=C(Cl)Cl)C1C(=O)Nc1ncnc2nc[nH]c12. The average molecular weight is 326 g/mol. The minimum atomic E-state index is -0.196. The molecule has 0 bridgehead atoms. The maximum absolute atomic E-state index is 12.4. The Morgan fingerprint density at radius 1 is 1.38 bits per heavy atom. The second kappa shape index (κ2) is 4.96. The van der Waals surface area contributed by atoms with E-state index < -0.39 is 0 Å². The molecule has 1 aliphatic rings. The summed E-state index contributed by atoms with van der Waals surface area (Å²) in [6.45, 7) is 4.00. The summed E-state index contributed by atoms with van der Waals surface area (Å²) in [5.41, 5.74) is 0.932. The quantitative estimate of drug-likeness (QED) is 0.908. The molecule has 110 valence electrons. The number of nitrogens with zero attached hydrogens (tertiary/aromatic N) is 3. The van der Waals surface area contributed by atoms with Gasteiger partial charge in [-0.1, -0.05) is 37.0 Å². The van der Waals surface area contributed by atoms with Crippen LogP contribution < -0.4 is 5.32 Å². The normalized spacial score (nSPS) is 22.9. The van der Waals surface area contributed by atoms with Gasteiger partial charge in [0, 0.05) is 0 Å². The monoisotopic (exact) mass is 325 g/mol. The number of allylic oxidation sites excluding steroid dienone is 1. The summed E-state index contributed by atoms with van der Waals surface area (Å²) < 4.78 is 0.182. The van der Waals surface area contributed by atoms with E-state index in [1.807, 2.05) is 13.8 Å². The van der Waals surface area contributed by atoms with Crippen LogP contribution in [-0.4, -0.2) is 25.8 Å². The Morgan fingerprint density at radius 3 is 2.86 bits per heavy atom. The molecular formula is C13H13Cl2N5O. The fourth-order valence-corrected chi connectivity index (χ4v) is 2.95. The van der Waals surface area contributed by atoms with Gasteiger partial charge in [0.05, 0.1) is 12.2 Å². The number of imidazole rings is 1. The highest BCUT2D eigenvalue weighted by Crippen LogP contribution is 2.60. The smallest absolute Gasteiger partial charge is 0.229 e. The van der Waals surface area contributed by atoms with Crippen molar-refractivity contribution < 1.29 is 4.79 Å². The van der Waals surface area contributed by atoms with E-state index in [1.54, 1.807) is 6.08 Å². The zero-order chi connectivity index (χ0) is 15.2. The summed E-state index contributed by atoms with van der Waals surface area (Å²) in [7, 11) is 0. The van der Waals surface area contributed by atoms with Crippen molar-refractivity contribution >= 4 is 46.1 Å². The van der Waals surface area contributed by atoms with Crippen LogP contribution in [-0.2, 0) is 4.79 Å². The van der Waals surface area contributed by atoms with E-state index in [0.717, 1.165) is 0 Å². The van der Waals surface area contributed by atoms with Crippen LogP contribution >= 0.6 is 23.2 Å². The molecule has 8 heteroatoms. The van der Waals surface area contributed by atoms with Crippen LogP contribution in [0.1, 0.15) is 13.8 Å². The summed E-state index contributed by atoms with van der Waals surface area (Å²) in [5.74, 6) is 0.120. The number of hydrogen-bond acceptors (Lipinski definition) is 4. The maximum Gasteiger partial charge on any atom is 0.229 e. The van der Waals surface area contributed by atoms with E-state index in [9.17, 15) is 4.79 Å². The number of anilines is 1. The molecule has 2 atom stereocenters. The Kier molecular flexibility index (Phi) is 3.37. The van der Waals surface area contributed by atoms with Crippen LogP contribution in [0.5, 0.6) is 0 Å². The number of aromatic amines is 1. The summed E-state index contributed by atoms with van der Waals surface area (Å²) in [4.78, 5) is 27.5. The number of nitrogens with one attached hydrogen (secondary N) is 2. The number of H-pyrrole nitrogens is 1. The first-order valence-electron chi connectivity index (χ1n) is 6.39.